The van der Waals surface area contributed by atoms with Crippen molar-refractivity contribution in [3.05, 3.63) is 58.7 Å². The van der Waals surface area contributed by atoms with Crippen LogP contribution in [0.1, 0.15) is 48.4 Å². The highest BCUT2D eigenvalue weighted by Crippen LogP contribution is 2.46. The smallest absolute Gasteiger partial charge is 0.302 e. The van der Waals surface area contributed by atoms with Gasteiger partial charge in [0.05, 0.1) is 0 Å². The number of ether oxygens (including phenoxy) is 4. The van der Waals surface area contributed by atoms with Crippen LogP contribution in [0.3, 0.4) is 0 Å². The Morgan fingerprint density at radius 2 is 1.68 bits per heavy atom. The van der Waals surface area contributed by atoms with E-state index in [1.807, 2.05) is 13.8 Å². The lowest BCUT2D eigenvalue weighted by molar-refractivity contribution is -0.278. The summed E-state index contributed by atoms with van der Waals surface area (Å²) in [4.78, 5) is 24.5. The van der Waals surface area contributed by atoms with E-state index < -0.39 is 67.0 Å². The molecular weight excluding hydrogens is 528 g/mol. The number of aliphatic hydroxyl groups is 4. The molecule has 2 heterocycles. The minimum absolute atomic E-state index is 0.0243. The maximum Gasteiger partial charge on any atom is 0.302 e. The summed E-state index contributed by atoms with van der Waals surface area (Å²) in [5.74, 6) is -2.17. The Bertz CT molecular complexity index is 1280. The molecule has 0 aromatic heterocycles. The Hall–Kier alpha value is -3.68. The number of carbonyl (C=O) groups excluding carboxylic acids is 2. The van der Waals surface area contributed by atoms with Gasteiger partial charge >= 0.3 is 5.97 Å². The lowest BCUT2D eigenvalue weighted by Gasteiger charge is -2.40. The molecular formula is C28H32O12. The Kier molecular flexibility index (Phi) is 8.66. The molecule has 0 saturated carbocycles. The van der Waals surface area contributed by atoms with E-state index in [2.05, 4.69) is 0 Å². The van der Waals surface area contributed by atoms with Crippen LogP contribution in [0.4, 0.5) is 0 Å². The predicted octanol–water partition coefficient (Wildman–Crippen LogP) is 1.03. The number of ketones is 1. The fourth-order valence-corrected chi connectivity index (χ4v) is 4.50. The van der Waals surface area contributed by atoms with Gasteiger partial charge in [-0.1, -0.05) is 23.8 Å². The topological polar surface area (TPSA) is 192 Å². The number of aromatic hydroxyl groups is 2. The second kappa shape index (κ2) is 11.8. The van der Waals surface area contributed by atoms with Crippen LogP contribution in [-0.4, -0.2) is 85.8 Å². The quantitative estimate of drug-likeness (QED) is 0.208. The molecule has 0 radical (unpaired) electrons. The van der Waals surface area contributed by atoms with E-state index in [0.29, 0.717) is 5.56 Å². The zero-order valence-corrected chi connectivity index (χ0v) is 22.1. The maximum atomic E-state index is 13.2. The molecule has 0 aliphatic carbocycles. The number of hydrogen-bond donors (Lipinski definition) is 6. The summed E-state index contributed by atoms with van der Waals surface area (Å²) >= 11 is 0. The van der Waals surface area contributed by atoms with Gasteiger partial charge in [-0.3, -0.25) is 9.59 Å². The van der Waals surface area contributed by atoms with Crippen molar-refractivity contribution in [3.8, 4) is 23.0 Å². The largest absolute Gasteiger partial charge is 0.508 e. The molecule has 1 saturated heterocycles. The van der Waals surface area contributed by atoms with E-state index in [9.17, 15) is 40.2 Å². The summed E-state index contributed by atoms with van der Waals surface area (Å²) in [7, 11) is 0. The number of Topliss-reactive ketones (excluding diaryl/α,β-unsaturated/α-hetero) is 1. The summed E-state index contributed by atoms with van der Waals surface area (Å²) in [6.45, 7) is 4.41. The molecule has 7 atom stereocenters. The van der Waals surface area contributed by atoms with Crippen molar-refractivity contribution in [2.24, 2.45) is 0 Å². The second-order valence-electron chi connectivity index (χ2n) is 9.94. The normalized spacial score (nSPS) is 27.8. The Morgan fingerprint density at radius 1 is 1.00 bits per heavy atom. The van der Waals surface area contributed by atoms with Crippen molar-refractivity contribution in [1.82, 2.24) is 0 Å². The molecule has 216 valence electrons. The van der Waals surface area contributed by atoms with E-state index in [0.717, 1.165) is 18.6 Å². The highest BCUT2D eigenvalue weighted by molar-refractivity contribution is 6.06. The number of allylic oxidation sites excluding steroid dienone is 2. The molecule has 12 heteroatoms. The molecule has 12 nitrogen and oxygen atoms in total. The first-order valence-electron chi connectivity index (χ1n) is 12.6. The second-order valence-corrected chi connectivity index (χ2v) is 9.94. The number of esters is 1. The fourth-order valence-electron chi connectivity index (χ4n) is 4.50. The summed E-state index contributed by atoms with van der Waals surface area (Å²) in [5, 5.41) is 62.5. The predicted molar refractivity (Wildman–Crippen MR) is 137 cm³/mol. The van der Waals surface area contributed by atoms with Gasteiger partial charge in [-0.25, -0.2) is 0 Å². The number of carbonyl (C=O) groups is 2. The Morgan fingerprint density at radius 3 is 2.30 bits per heavy atom. The molecule has 1 fully saturated rings. The minimum atomic E-state index is -1.74. The van der Waals surface area contributed by atoms with Gasteiger partial charge in [0.25, 0.3) is 0 Å². The molecule has 2 aliphatic rings. The van der Waals surface area contributed by atoms with Gasteiger partial charge in [-0.15, -0.1) is 0 Å². The standard InChI is InChI=1S/C28H32O12/c1-12(2)4-9-16-18(38-28-25(36)23(34)21(32)19(39-28)11-37-13(3)29)10-17(31)20-22(33)24(35)26(40-27(16)20)14-5-7-15(30)8-6-14/h4-8,10,19,21,23-26,28,30-32,34-36H,9,11H2,1-3H3/t19-,21-,23+,24+,25-,26-,28-/m1/s1. The van der Waals surface area contributed by atoms with Crippen LogP contribution >= 0.6 is 0 Å². The van der Waals surface area contributed by atoms with Gasteiger partial charge < -0.3 is 49.6 Å². The highest BCUT2D eigenvalue weighted by Gasteiger charge is 2.46. The maximum absolute atomic E-state index is 13.2. The molecule has 0 unspecified atom stereocenters. The highest BCUT2D eigenvalue weighted by atomic mass is 16.7. The summed E-state index contributed by atoms with van der Waals surface area (Å²) in [5.41, 5.74) is 1.30. The number of benzene rings is 2. The number of aliphatic hydroxyl groups excluding tert-OH is 4. The van der Waals surface area contributed by atoms with Gasteiger partial charge in [0, 0.05) is 18.6 Å². The monoisotopic (exact) mass is 560 g/mol. The molecule has 0 bridgehead atoms. The van der Waals surface area contributed by atoms with Crippen molar-refractivity contribution in [2.45, 2.75) is 70.1 Å². The Labute approximate surface area is 229 Å². The van der Waals surface area contributed by atoms with Crippen LogP contribution < -0.4 is 9.47 Å². The van der Waals surface area contributed by atoms with E-state index in [1.54, 1.807) is 6.08 Å². The first-order chi connectivity index (χ1) is 18.9. The van der Waals surface area contributed by atoms with Crippen LogP contribution in [0, 0.1) is 0 Å². The van der Waals surface area contributed by atoms with Gasteiger partial charge in [-0.2, -0.15) is 0 Å². The molecule has 2 aromatic carbocycles. The van der Waals surface area contributed by atoms with Gasteiger partial charge in [0.1, 0.15) is 59.6 Å². The number of hydrogen-bond acceptors (Lipinski definition) is 12. The van der Waals surface area contributed by atoms with Crippen molar-refractivity contribution in [3.63, 3.8) is 0 Å². The third-order valence-electron chi connectivity index (χ3n) is 6.67. The number of phenolic OH excluding ortho intramolecular Hbond substituents is 2. The third-order valence-corrected chi connectivity index (χ3v) is 6.67. The fraction of sp³-hybridized carbons (Fsp3) is 0.429. The molecule has 2 aliphatic heterocycles. The summed E-state index contributed by atoms with van der Waals surface area (Å²) in [6.07, 6.45) is -8.79. The zero-order chi connectivity index (χ0) is 29.3. The van der Waals surface area contributed by atoms with Crippen LogP contribution in [0.5, 0.6) is 23.0 Å². The average Bonchev–Trinajstić information content (AvgIpc) is 2.90. The minimum Gasteiger partial charge on any atom is -0.508 e. The van der Waals surface area contributed by atoms with Crippen LogP contribution in [0.15, 0.2) is 42.0 Å². The van der Waals surface area contributed by atoms with E-state index in [1.165, 1.54) is 24.3 Å². The Balaban J connectivity index is 1.75. The van der Waals surface area contributed by atoms with Crippen LogP contribution in [-0.2, 0) is 20.7 Å². The average molecular weight is 561 g/mol. The summed E-state index contributed by atoms with van der Waals surface area (Å²) in [6, 6.07) is 6.83. The molecule has 2 aromatic rings. The lowest BCUT2D eigenvalue weighted by atomic mass is 9.90. The van der Waals surface area contributed by atoms with Crippen molar-refractivity contribution in [2.75, 3.05) is 6.61 Å². The summed E-state index contributed by atoms with van der Waals surface area (Å²) < 4.78 is 22.5. The number of phenols is 2. The lowest BCUT2D eigenvalue weighted by Crippen LogP contribution is -2.60. The van der Waals surface area contributed by atoms with Crippen molar-refractivity contribution < 1.29 is 59.2 Å². The SMILES string of the molecule is CC(=O)OC[C@H]1O[C@@H](Oc2cc(O)c3c(c2CC=C(C)C)O[C@H](c2ccc(O)cc2)[C@@H](O)C3=O)[C@H](O)[C@@H](O)[C@@H]1O. The van der Waals surface area contributed by atoms with Gasteiger partial charge in [0.15, 0.2) is 12.2 Å². The molecule has 0 amide bonds. The third kappa shape index (κ3) is 5.91. The van der Waals surface area contributed by atoms with Crippen LogP contribution in [0.25, 0.3) is 0 Å². The zero-order valence-electron chi connectivity index (χ0n) is 22.1. The first-order valence-corrected chi connectivity index (χ1v) is 12.6. The molecule has 6 N–H and O–H groups in total. The first kappa shape index (κ1) is 29.3. The number of fused-ring (bicyclic) bond motifs is 1. The van der Waals surface area contributed by atoms with Gasteiger partial charge in [0.2, 0.25) is 12.1 Å². The van der Waals surface area contributed by atoms with Gasteiger partial charge in [-0.05, 0) is 38.0 Å². The molecule has 0 spiro atoms. The number of rotatable bonds is 7. The van der Waals surface area contributed by atoms with E-state index in [4.69, 9.17) is 18.9 Å². The van der Waals surface area contributed by atoms with Crippen molar-refractivity contribution in [1.29, 1.82) is 0 Å². The van der Waals surface area contributed by atoms with Crippen molar-refractivity contribution >= 4 is 11.8 Å². The molecule has 40 heavy (non-hydrogen) atoms. The van der Waals surface area contributed by atoms with E-state index >= 15 is 0 Å². The van der Waals surface area contributed by atoms with Crippen LogP contribution in [0.2, 0.25) is 0 Å². The van der Waals surface area contributed by atoms with E-state index in [-0.39, 0.29) is 34.8 Å². The molecule has 4 rings (SSSR count).